The largest absolute Gasteiger partial charge is 0.339 e. The summed E-state index contributed by atoms with van der Waals surface area (Å²) in [5.41, 5.74) is 2.88. The summed E-state index contributed by atoms with van der Waals surface area (Å²) in [5, 5.41) is 3.44. The van der Waals surface area contributed by atoms with Crippen LogP contribution in [0.2, 0.25) is 0 Å². The van der Waals surface area contributed by atoms with Crippen LogP contribution in [0.5, 0.6) is 0 Å². The lowest BCUT2D eigenvalue weighted by molar-refractivity contribution is 0.102. The molecule has 5 nitrogen and oxygen atoms in total. The minimum Gasteiger partial charge on any atom is -0.339 e. The van der Waals surface area contributed by atoms with Gasteiger partial charge in [-0.1, -0.05) is 15.9 Å². The van der Waals surface area contributed by atoms with Gasteiger partial charge in [0.05, 0.1) is 10.9 Å². The highest BCUT2D eigenvalue weighted by Crippen LogP contribution is 2.21. The van der Waals surface area contributed by atoms with Crippen molar-refractivity contribution in [3.63, 3.8) is 0 Å². The zero-order valence-corrected chi connectivity index (χ0v) is 15.3. The third-order valence-electron chi connectivity index (χ3n) is 4.17. The molecule has 0 atom stereocenters. The number of nitrogens with one attached hydrogen (secondary N) is 1. The second-order valence-electron chi connectivity index (χ2n) is 5.71. The van der Waals surface area contributed by atoms with Gasteiger partial charge in [-0.05, 0) is 49.7 Å². The summed E-state index contributed by atoms with van der Waals surface area (Å²) < 4.78 is 4.37. The number of nitrogens with zero attached hydrogens (tertiary/aromatic N) is 2. The Morgan fingerprint density at radius 1 is 1.25 bits per heavy atom. The molecule has 1 aromatic carbocycles. The lowest BCUT2D eigenvalue weighted by atomic mass is 10.2. The second kappa shape index (κ2) is 6.28. The summed E-state index contributed by atoms with van der Waals surface area (Å²) in [6, 6.07) is 9.15. The third kappa shape index (κ3) is 2.78. The van der Waals surface area contributed by atoms with Crippen LogP contribution in [0.4, 0.5) is 5.69 Å². The van der Waals surface area contributed by atoms with Gasteiger partial charge >= 0.3 is 0 Å². The third-order valence-corrected chi connectivity index (χ3v) is 5.06. The Labute approximate surface area is 148 Å². The molecule has 0 unspecified atom stereocenters. The van der Waals surface area contributed by atoms with Gasteiger partial charge in [0.25, 0.3) is 11.5 Å². The number of benzene rings is 1. The molecule has 0 aliphatic heterocycles. The number of hydrogen-bond donors (Lipinski definition) is 1. The predicted octanol–water partition coefficient (Wildman–Crippen LogP) is 3.68. The normalized spacial score (nSPS) is 11.0. The number of aromatic nitrogens is 2. The van der Waals surface area contributed by atoms with E-state index in [0.29, 0.717) is 17.6 Å². The second-order valence-corrected chi connectivity index (χ2v) is 6.57. The lowest BCUT2D eigenvalue weighted by Crippen LogP contribution is -2.17. The Balaban J connectivity index is 2.00. The molecule has 0 fully saturated rings. The molecule has 0 aliphatic carbocycles. The van der Waals surface area contributed by atoms with Gasteiger partial charge in [-0.2, -0.15) is 0 Å². The maximum Gasteiger partial charge on any atom is 0.272 e. The fraction of sp³-hybridized carbons (Fsp3) is 0.222. The van der Waals surface area contributed by atoms with Crippen molar-refractivity contribution in [3.05, 3.63) is 62.6 Å². The molecule has 0 saturated heterocycles. The Kier molecular flexibility index (Phi) is 4.32. The first-order chi connectivity index (χ1) is 11.4. The topological polar surface area (TPSA) is 56.0 Å². The maximum absolute atomic E-state index is 12.6. The molecule has 3 rings (SSSR count). The smallest absolute Gasteiger partial charge is 0.272 e. The first-order valence-electron chi connectivity index (χ1n) is 7.68. The summed E-state index contributed by atoms with van der Waals surface area (Å²) in [5.74, 6) is -0.238. The molecular weight excluding hydrogens is 370 g/mol. The highest BCUT2D eigenvalue weighted by Gasteiger charge is 2.16. The van der Waals surface area contributed by atoms with Gasteiger partial charge in [0, 0.05) is 29.9 Å². The van der Waals surface area contributed by atoms with Gasteiger partial charge in [-0.25, -0.2) is 0 Å². The van der Waals surface area contributed by atoms with Crippen LogP contribution in [0, 0.1) is 6.92 Å². The Morgan fingerprint density at radius 3 is 2.67 bits per heavy atom. The van der Waals surface area contributed by atoms with E-state index in [9.17, 15) is 9.59 Å². The fourth-order valence-corrected chi connectivity index (χ4v) is 3.00. The molecule has 0 bridgehead atoms. The number of carbonyl (C=O) groups is 1. The Morgan fingerprint density at radius 2 is 2.00 bits per heavy atom. The Hall–Kier alpha value is -2.34. The van der Waals surface area contributed by atoms with Crippen molar-refractivity contribution in [1.29, 1.82) is 0 Å². The lowest BCUT2D eigenvalue weighted by Gasteiger charge is -2.08. The first kappa shape index (κ1) is 16.5. The number of hydrogen-bond acceptors (Lipinski definition) is 2. The van der Waals surface area contributed by atoms with Gasteiger partial charge < -0.3 is 14.5 Å². The van der Waals surface area contributed by atoms with Crippen LogP contribution in [0.1, 0.15) is 23.0 Å². The quantitative estimate of drug-likeness (QED) is 0.744. The van der Waals surface area contributed by atoms with Crippen LogP contribution in [0.3, 0.4) is 0 Å². The molecular formula is C18H18BrN3O2. The highest BCUT2D eigenvalue weighted by atomic mass is 79.9. The zero-order chi connectivity index (χ0) is 17.4. The summed E-state index contributed by atoms with van der Waals surface area (Å²) in [6.45, 7) is 4.48. The van der Waals surface area contributed by atoms with Crippen molar-refractivity contribution < 1.29 is 4.79 Å². The first-order valence-corrected chi connectivity index (χ1v) is 8.48. The van der Waals surface area contributed by atoms with Gasteiger partial charge in [-0.15, -0.1) is 0 Å². The molecule has 2 heterocycles. The summed E-state index contributed by atoms with van der Waals surface area (Å²) in [4.78, 5) is 25.0. The van der Waals surface area contributed by atoms with E-state index in [2.05, 4.69) is 21.2 Å². The van der Waals surface area contributed by atoms with Gasteiger partial charge in [0.1, 0.15) is 5.69 Å². The van der Waals surface area contributed by atoms with Crippen molar-refractivity contribution in [2.24, 2.45) is 7.05 Å². The predicted molar refractivity (Wildman–Crippen MR) is 99.7 cm³/mol. The number of pyridine rings is 1. The highest BCUT2D eigenvalue weighted by molar-refractivity contribution is 9.10. The average Bonchev–Trinajstić information content (AvgIpc) is 2.89. The van der Waals surface area contributed by atoms with E-state index in [0.717, 1.165) is 21.2 Å². The molecule has 1 amide bonds. The molecule has 3 aromatic rings. The molecule has 2 aromatic heterocycles. The molecule has 0 saturated carbocycles. The van der Waals surface area contributed by atoms with Crippen LogP contribution in [-0.4, -0.2) is 15.0 Å². The zero-order valence-electron chi connectivity index (χ0n) is 13.8. The van der Waals surface area contributed by atoms with Crippen molar-refractivity contribution in [2.75, 3.05) is 5.32 Å². The minimum atomic E-state index is -0.238. The van der Waals surface area contributed by atoms with Crippen molar-refractivity contribution in [3.8, 4) is 0 Å². The Bertz CT molecular complexity index is 1000. The van der Waals surface area contributed by atoms with Gasteiger partial charge in [0.15, 0.2) is 0 Å². The number of anilines is 1. The van der Waals surface area contributed by atoms with Crippen LogP contribution < -0.4 is 10.9 Å². The van der Waals surface area contributed by atoms with E-state index in [1.807, 2.05) is 38.1 Å². The summed E-state index contributed by atoms with van der Waals surface area (Å²) in [6.07, 6.45) is 1.75. The minimum absolute atomic E-state index is 0.0795. The SMILES string of the molecule is CCn1ccc2c(cc(C(=O)Nc3ccc(Br)c(C)c3)n2C)c1=O. The molecule has 0 spiro atoms. The number of halogens is 1. The van der Waals surface area contributed by atoms with Crippen molar-refractivity contribution in [2.45, 2.75) is 20.4 Å². The number of aryl methyl sites for hydroxylation is 3. The number of fused-ring (bicyclic) bond motifs is 1. The van der Waals surface area contributed by atoms with E-state index in [1.165, 1.54) is 0 Å². The van der Waals surface area contributed by atoms with E-state index in [-0.39, 0.29) is 11.5 Å². The van der Waals surface area contributed by atoms with Crippen LogP contribution in [0.25, 0.3) is 10.9 Å². The maximum atomic E-state index is 12.6. The van der Waals surface area contributed by atoms with Crippen molar-refractivity contribution >= 4 is 38.4 Å². The van der Waals surface area contributed by atoms with E-state index in [1.54, 1.807) is 28.4 Å². The molecule has 24 heavy (non-hydrogen) atoms. The molecule has 0 aliphatic rings. The number of carbonyl (C=O) groups excluding carboxylic acids is 1. The fourth-order valence-electron chi connectivity index (χ4n) is 2.76. The van der Waals surface area contributed by atoms with Crippen LogP contribution in [0.15, 0.2) is 45.8 Å². The van der Waals surface area contributed by atoms with Crippen LogP contribution >= 0.6 is 15.9 Å². The van der Waals surface area contributed by atoms with E-state index in [4.69, 9.17) is 0 Å². The van der Waals surface area contributed by atoms with E-state index < -0.39 is 0 Å². The number of rotatable bonds is 3. The molecule has 124 valence electrons. The van der Waals surface area contributed by atoms with Crippen molar-refractivity contribution in [1.82, 2.24) is 9.13 Å². The molecule has 6 heteroatoms. The molecule has 1 N–H and O–H groups in total. The van der Waals surface area contributed by atoms with E-state index >= 15 is 0 Å². The summed E-state index contributed by atoms with van der Waals surface area (Å²) >= 11 is 3.44. The van der Waals surface area contributed by atoms with Gasteiger partial charge in [0.2, 0.25) is 0 Å². The standard InChI is InChI=1S/C18H18BrN3O2/c1-4-22-8-7-15-13(18(22)24)10-16(21(15)3)17(23)20-12-5-6-14(19)11(2)9-12/h5-10H,4H2,1-3H3,(H,20,23). The summed E-state index contributed by atoms with van der Waals surface area (Å²) in [7, 11) is 1.79. The monoisotopic (exact) mass is 387 g/mol. The van der Waals surface area contributed by atoms with Gasteiger partial charge in [-0.3, -0.25) is 9.59 Å². The number of amides is 1. The molecule has 0 radical (unpaired) electrons. The van der Waals surface area contributed by atoms with Crippen LogP contribution in [-0.2, 0) is 13.6 Å². The average molecular weight is 388 g/mol.